The summed E-state index contributed by atoms with van der Waals surface area (Å²) in [4.78, 5) is 4.63. The van der Waals surface area contributed by atoms with Gasteiger partial charge in [0, 0.05) is 20.3 Å². The van der Waals surface area contributed by atoms with E-state index in [1.807, 2.05) is 30.3 Å². The number of rotatable bonds is 9. The van der Waals surface area contributed by atoms with E-state index in [2.05, 4.69) is 27.8 Å². The maximum absolute atomic E-state index is 5.34. The lowest BCUT2D eigenvalue weighted by Crippen LogP contribution is -2.37. The minimum absolute atomic E-state index is 0. The van der Waals surface area contributed by atoms with Gasteiger partial charge in [-0.05, 0) is 30.5 Å². The van der Waals surface area contributed by atoms with Crippen molar-refractivity contribution in [1.82, 2.24) is 10.6 Å². The van der Waals surface area contributed by atoms with Crippen LogP contribution in [0.1, 0.15) is 24.2 Å². The zero-order valence-electron chi connectivity index (χ0n) is 14.0. The van der Waals surface area contributed by atoms with Crippen LogP contribution in [0.5, 0.6) is 0 Å². The molecule has 0 unspecified atom stereocenters. The Balaban J connectivity index is 0.00000288. The number of nitrogens with one attached hydrogen (secondary N) is 2. The first kappa shape index (κ1) is 20.5. The van der Waals surface area contributed by atoms with E-state index in [9.17, 15) is 0 Å². The highest BCUT2D eigenvalue weighted by Gasteiger charge is 2.01. The lowest BCUT2D eigenvalue weighted by molar-refractivity contribution is 0.193. The van der Waals surface area contributed by atoms with Gasteiger partial charge in [0.25, 0.3) is 0 Å². The third kappa shape index (κ3) is 8.35. The van der Waals surface area contributed by atoms with Crippen molar-refractivity contribution in [2.24, 2.45) is 4.99 Å². The monoisotopic (exact) mass is 443 g/mol. The van der Waals surface area contributed by atoms with E-state index in [4.69, 9.17) is 9.15 Å². The molecule has 0 amide bonds. The van der Waals surface area contributed by atoms with Crippen molar-refractivity contribution in [3.05, 3.63) is 60.1 Å². The molecule has 5 nitrogen and oxygen atoms in total. The molecule has 0 aliphatic carbocycles. The van der Waals surface area contributed by atoms with Crippen molar-refractivity contribution in [3.63, 3.8) is 0 Å². The summed E-state index contributed by atoms with van der Waals surface area (Å²) in [5.74, 6) is 1.68. The standard InChI is InChI=1S/C18H25N3O2.HI/c1-22-12-6-5-11-19-18(21-15-17-10-7-13-23-17)20-14-16-8-3-2-4-9-16;/h2-4,7-10,13H,5-6,11-12,14-15H2,1H3,(H2,19,20,21);1H. The highest BCUT2D eigenvalue weighted by molar-refractivity contribution is 14.0. The Bertz CT molecular complexity index is 559. The number of hydrogen-bond acceptors (Lipinski definition) is 3. The quantitative estimate of drug-likeness (QED) is 0.269. The fourth-order valence-electron chi connectivity index (χ4n) is 2.09. The molecule has 0 aliphatic rings. The lowest BCUT2D eigenvalue weighted by Gasteiger charge is -2.12. The molecule has 0 saturated carbocycles. The molecule has 0 bridgehead atoms. The van der Waals surface area contributed by atoms with Crippen molar-refractivity contribution in [2.45, 2.75) is 25.9 Å². The second-order valence-corrected chi connectivity index (χ2v) is 5.21. The first-order chi connectivity index (χ1) is 11.4. The predicted octanol–water partition coefficient (Wildman–Crippen LogP) is 3.56. The van der Waals surface area contributed by atoms with Crippen LogP contribution in [0.25, 0.3) is 0 Å². The van der Waals surface area contributed by atoms with Crippen LogP contribution in [0.2, 0.25) is 0 Å². The molecule has 24 heavy (non-hydrogen) atoms. The number of aliphatic imine (C=N–C) groups is 1. The van der Waals surface area contributed by atoms with E-state index in [0.717, 1.165) is 37.7 Å². The van der Waals surface area contributed by atoms with Crippen molar-refractivity contribution in [2.75, 3.05) is 20.3 Å². The summed E-state index contributed by atoms with van der Waals surface area (Å²) in [7, 11) is 1.73. The summed E-state index contributed by atoms with van der Waals surface area (Å²) in [5, 5.41) is 6.65. The molecule has 1 heterocycles. The third-order valence-corrected chi connectivity index (χ3v) is 3.34. The number of furan rings is 1. The van der Waals surface area contributed by atoms with Crippen molar-refractivity contribution in [3.8, 4) is 0 Å². The van der Waals surface area contributed by atoms with Gasteiger partial charge >= 0.3 is 0 Å². The Hall–Kier alpha value is -1.54. The van der Waals surface area contributed by atoms with Gasteiger partial charge in [0.1, 0.15) is 5.76 Å². The smallest absolute Gasteiger partial charge is 0.191 e. The molecular weight excluding hydrogens is 417 g/mol. The van der Waals surface area contributed by atoms with Crippen molar-refractivity contribution in [1.29, 1.82) is 0 Å². The van der Waals surface area contributed by atoms with Gasteiger partial charge in [-0.1, -0.05) is 30.3 Å². The normalized spacial score (nSPS) is 11.0. The van der Waals surface area contributed by atoms with Gasteiger partial charge < -0.3 is 19.8 Å². The minimum Gasteiger partial charge on any atom is -0.467 e. The van der Waals surface area contributed by atoms with Crippen LogP contribution < -0.4 is 10.6 Å². The van der Waals surface area contributed by atoms with Gasteiger partial charge in [-0.2, -0.15) is 0 Å². The molecule has 2 aromatic rings. The molecule has 1 aromatic heterocycles. The molecule has 0 fully saturated rings. The molecule has 0 radical (unpaired) electrons. The number of hydrogen-bond donors (Lipinski definition) is 2. The minimum atomic E-state index is 0. The Morgan fingerprint density at radius 1 is 1.08 bits per heavy atom. The van der Waals surface area contributed by atoms with E-state index in [1.54, 1.807) is 13.4 Å². The van der Waals surface area contributed by atoms with E-state index in [0.29, 0.717) is 13.1 Å². The van der Waals surface area contributed by atoms with Gasteiger partial charge in [0.15, 0.2) is 5.96 Å². The van der Waals surface area contributed by atoms with Crippen LogP contribution in [0.15, 0.2) is 58.1 Å². The Labute approximate surface area is 160 Å². The molecule has 0 atom stereocenters. The fraction of sp³-hybridized carbons (Fsp3) is 0.389. The molecule has 1 aromatic carbocycles. The van der Waals surface area contributed by atoms with Crippen LogP contribution >= 0.6 is 24.0 Å². The van der Waals surface area contributed by atoms with E-state index in [-0.39, 0.29) is 24.0 Å². The second kappa shape index (κ2) is 12.8. The molecule has 0 spiro atoms. The largest absolute Gasteiger partial charge is 0.467 e. The summed E-state index contributed by atoms with van der Waals surface area (Å²) in [6.07, 6.45) is 3.75. The highest BCUT2D eigenvalue weighted by atomic mass is 127. The van der Waals surface area contributed by atoms with Gasteiger partial charge in [-0.15, -0.1) is 24.0 Å². The first-order valence-corrected chi connectivity index (χ1v) is 7.96. The first-order valence-electron chi connectivity index (χ1n) is 7.96. The number of benzene rings is 1. The van der Waals surface area contributed by atoms with Gasteiger partial charge in [-0.25, -0.2) is 4.99 Å². The molecule has 6 heteroatoms. The van der Waals surface area contributed by atoms with E-state index >= 15 is 0 Å². The average molecular weight is 443 g/mol. The molecule has 132 valence electrons. The topological polar surface area (TPSA) is 58.8 Å². The van der Waals surface area contributed by atoms with Crippen LogP contribution in [-0.4, -0.2) is 26.2 Å². The zero-order chi connectivity index (χ0) is 16.2. The summed E-state index contributed by atoms with van der Waals surface area (Å²) in [6, 6.07) is 14.0. The Morgan fingerprint density at radius 3 is 2.62 bits per heavy atom. The number of halogens is 1. The van der Waals surface area contributed by atoms with Crippen LogP contribution in [0.3, 0.4) is 0 Å². The van der Waals surface area contributed by atoms with Crippen molar-refractivity contribution >= 4 is 29.9 Å². The zero-order valence-corrected chi connectivity index (χ0v) is 16.4. The lowest BCUT2D eigenvalue weighted by atomic mass is 10.2. The SMILES string of the molecule is COCCCCNC(=NCc1ccccc1)NCc1ccco1.I. The van der Waals surface area contributed by atoms with Crippen LogP contribution in [0, 0.1) is 0 Å². The summed E-state index contributed by atoms with van der Waals surface area (Å²) < 4.78 is 10.4. The molecule has 0 aliphatic heterocycles. The predicted molar refractivity (Wildman–Crippen MR) is 108 cm³/mol. The highest BCUT2D eigenvalue weighted by Crippen LogP contribution is 2.01. The number of guanidine groups is 1. The fourth-order valence-corrected chi connectivity index (χ4v) is 2.09. The molecule has 2 rings (SSSR count). The van der Waals surface area contributed by atoms with Gasteiger partial charge in [0.2, 0.25) is 0 Å². The molecule has 0 saturated heterocycles. The summed E-state index contributed by atoms with van der Waals surface area (Å²) in [5.41, 5.74) is 1.19. The number of ether oxygens (including phenoxy) is 1. The van der Waals surface area contributed by atoms with Crippen LogP contribution in [-0.2, 0) is 17.8 Å². The van der Waals surface area contributed by atoms with Crippen molar-refractivity contribution < 1.29 is 9.15 Å². The number of nitrogens with zero attached hydrogens (tertiary/aromatic N) is 1. The maximum Gasteiger partial charge on any atom is 0.191 e. The molecule has 2 N–H and O–H groups in total. The van der Waals surface area contributed by atoms with Crippen LogP contribution in [0.4, 0.5) is 0 Å². The Morgan fingerprint density at radius 2 is 1.92 bits per heavy atom. The van der Waals surface area contributed by atoms with E-state index < -0.39 is 0 Å². The van der Waals surface area contributed by atoms with E-state index in [1.165, 1.54) is 5.56 Å². The maximum atomic E-state index is 5.34. The third-order valence-electron chi connectivity index (χ3n) is 3.34. The van der Waals surface area contributed by atoms with Gasteiger partial charge in [-0.3, -0.25) is 0 Å². The Kier molecular flexibility index (Phi) is 11.0. The average Bonchev–Trinajstić information content (AvgIpc) is 3.11. The second-order valence-electron chi connectivity index (χ2n) is 5.21. The summed E-state index contributed by atoms with van der Waals surface area (Å²) in [6.45, 7) is 2.91. The summed E-state index contributed by atoms with van der Waals surface area (Å²) >= 11 is 0. The number of methoxy groups -OCH3 is 1. The number of unbranched alkanes of at least 4 members (excludes halogenated alkanes) is 1. The molecular formula is C18H26IN3O2. The van der Waals surface area contributed by atoms with Gasteiger partial charge in [0.05, 0.1) is 19.4 Å².